The van der Waals surface area contributed by atoms with Crippen molar-refractivity contribution in [3.63, 3.8) is 0 Å². The maximum absolute atomic E-state index is 13.2. The SMILES string of the molecule is C=CC(F)(F)COc1ccc(O[C@@H]2CCN(c3cnc(N4CC(S(C)=O)C4)nc3)C2=O)cn1. The number of amides is 1. The number of halogens is 2. The molecule has 0 radical (unpaired) electrons. The first kappa shape index (κ1) is 23.0. The van der Waals surface area contributed by atoms with Gasteiger partial charge in [-0.05, 0) is 12.1 Å². The van der Waals surface area contributed by atoms with E-state index in [-0.39, 0.29) is 17.0 Å². The van der Waals surface area contributed by atoms with Crippen LogP contribution >= 0.6 is 0 Å². The topological polar surface area (TPSA) is 97.8 Å². The predicted octanol–water partition coefficient (Wildman–Crippen LogP) is 1.82. The monoisotopic (exact) mass is 479 g/mol. The lowest BCUT2D eigenvalue weighted by Gasteiger charge is -2.37. The summed E-state index contributed by atoms with van der Waals surface area (Å²) in [5.74, 6) is -2.50. The van der Waals surface area contributed by atoms with Crippen molar-refractivity contribution in [2.75, 3.05) is 42.3 Å². The van der Waals surface area contributed by atoms with Gasteiger partial charge in [0.2, 0.25) is 11.8 Å². The standard InChI is InChI=1S/C21H23F2N5O4S/c1-3-21(22,23)13-31-18-5-4-15(10-24-18)32-17-6-7-28(19(17)29)14-8-25-20(26-9-14)27-11-16(12-27)33(2)30/h3-5,8-10,16-17H,1,6-7,11-13H2,2H3/t17-,33?/m1/s1. The van der Waals surface area contributed by atoms with Gasteiger partial charge >= 0.3 is 0 Å². The van der Waals surface area contributed by atoms with Crippen LogP contribution in [-0.4, -0.2) is 74.8 Å². The molecule has 0 bridgehead atoms. The van der Waals surface area contributed by atoms with E-state index in [1.807, 2.05) is 4.90 Å². The minimum absolute atomic E-state index is 0.0131. The molecule has 2 saturated heterocycles. The highest BCUT2D eigenvalue weighted by Crippen LogP contribution is 2.26. The van der Waals surface area contributed by atoms with Crippen molar-refractivity contribution >= 4 is 28.3 Å². The maximum atomic E-state index is 13.2. The number of alkyl halides is 2. The Hall–Kier alpha value is -3.15. The van der Waals surface area contributed by atoms with Gasteiger partial charge < -0.3 is 19.3 Å². The van der Waals surface area contributed by atoms with E-state index in [2.05, 4.69) is 21.5 Å². The molecule has 9 nitrogen and oxygen atoms in total. The van der Waals surface area contributed by atoms with Crippen LogP contribution in [0, 0.1) is 0 Å². The molecule has 0 aromatic carbocycles. The van der Waals surface area contributed by atoms with Crippen molar-refractivity contribution in [2.45, 2.75) is 23.7 Å². The fourth-order valence-electron chi connectivity index (χ4n) is 3.36. The summed E-state index contributed by atoms with van der Waals surface area (Å²) in [5, 5.41) is 0.134. The number of aromatic nitrogens is 3. The van der Waals surface area contributed by atoms with Crippen LogP contribution in [0.2, 0.25) is 0 Å². The van der Waals surface area contributed by atoms with Crippen LogP contribution in [0.1, 0.15) is 6.42 Å². The average Bonchev–Trinajstić information content (AvgIpc) is 3.12. The molecule has 1 amide bonds. The van der Waals surface area contributed by atoms with Gasteiger partial charge in [0.15, 0.2) is 12.7 Å². The summed E-state index contributed by atoms with van der Waals surface area (Å²) < 4.78 is 48.5. The zero-order chi connectivity index (χ0) is 23.6. The summed E-state index contributed by atoms with van der Waals surface area (Å²) in [7, 11) is -0.866. The summed E-state index contributed by atoms with van der Waals surface area (Å²) >= 11 is 0. The van der Waals surface area contributed by atoms with Crippen LogP contribution in [-0.2, 0) is 15.6 Å². The van der Waals surface area contributed by atoms with Gasteiger partial charge in [-0.15, -0.1) is 0 Å². The third kappa shape index (κ3) is 5.27. The Labute approximate surface area is 191 Å². The van der Waals surface area contributed by atoms with E-state index in [4.69, 9.17) is 9.47 Å². The predicted molar refractivity (Wildman–Crippen MR) is 118 cm³/mol. The average molecular weight is 480 g/mol. The van der Waals surface area contributed by atoms with Crippen LogP contribution in [0.15, 0.2) is 43.4 Å². The number of carbonyl (C=O) groups is 1. The highest BCUT2D eigenvalue weighted by atomic mass is 32.2. The molecule has 176 valence electrons. The van der Waals surface area contributed by atoms with Gasteiger partial charge in [-0.25, -0.2) is 15.0 Å². The Morgan fingerprint density at radius 2 is 1.97 bits per heavy atom. The number of ether oxygens (including phenoxy) is 2. The first-order valence-corrected chi connectivity index (χ1v) is 11.9. The van der Waals surface area contributed by atoms with Crippen LogP contribution in [0.4, 0.5) is 20.4 Å². The van der Waals surface area contributed by atoms with Crippen molar-refractivity contribution in [3.05, 3.63) is 43.4 Å². The highest BCUT2D eigenvalue weighted by Gasteiger charge is 2.36. The van der Waals surface area contributed by atoms with Crippen molar-refractivity contribution in [3.8, 4) is 11.6 Å². The molecule has 1 unspecified atom stereocenters. The third-order valence-corrected chi connectivity index (χ3v) is 6.63. The molecular formula is C21H23F2N5O4S. The van der Waals surface area contributed by atoms with Gasteiger partial charge in [0.1, 0.15) is 5.75 Å². The Kier molecular flexibility index (Phi) is 6.54. The summed E-state index contributed by atoms with van der Waals surface area (Å²) in [5.41, 5.74) is 0.566. The molecule has 4 rings (SSSR count). The lowest BCUT2D eigenvalue weighted by atomic mass is 10.2. The van der Waals surface area contributed by atoms with E-state index in [1.54, 1.807) is 23.5 Å². The largest absolute Gasteiger partial charge is 0.479 e. The molecular weight excluding hydrogens is 456 g/mol. The normalized spacial score (nSPS) is 19.8. The molecule has 0 N–H and O–H groups in total. The molecule has 0 saturated carbocycles. The number of nitrogens with zero attached hydrogens (tertiary/aromatic N) is 5. The molecule has 2 fully saturated rings. The molecule has 2 aliphatic rings. The third-order valence-electron chi connectivity index (χ3n) is 5.39. The number of hydrogen-bond donors (Lipinski definition) is 0. The second-order valence-corrected chi connectivity index (χ2v) is 9.40. The lowest BCUT2D eigenvalue weighted by Crippen LogP contribution is -2.53. The maximum Gasteiger partial charge on any atom is 0.299 e. The van der Waals surface area contributed by atoms with Crippen LogP contribution in [0.5, 0.6) is 11.6 Å². The van der Waals surface area contributed by atoms with Crippen molar-refractivity contribution in [1.29, 1.82) is 0 Å². The van der Waals surface area contributed by atoms with E-state index in [1.165, 1.54) is 18.3 Å². The van der Waals surface area contributed by atoms with Gasteiger partial charge in [0.25, 0.3) is 11.8 Å². The highest BCUT2D eigenvalue weighted by molar-refractivity contribution is 7.85. The van der Waals surface area contributed by atoms with Gasteiger partial charge in [-0.2, -0.15) is 8.78 Å². The zero-order valence-electron chi connectivity index (χ0n) is 17.9. The minimum Gasteiger partial charge on any atom is -0.479 e. The summed E-state index contributed by atoms with van der Waals surface area (Å²) in [6.45, 7) is 3.93. The lowest BCUT2D eigenvalue weighted by molar-refractivity contribution is -0.122. The summed E-state index contributed by atoms with van der Waals surface area (Å²) in [4.78, 5) is 28.9. The smallest absolute Gasteiger partial charge is 0.299 e. The van der Waals surface area contributed by atoms with Gasteiger partial charge in [-0.1, -0.05) is 6.58 Å². The second kappa shape index (κ2) is 9.38. The van der Waals surface area contributed by atoms with E-state index in [0.717, 1.165) is 0 Å². The number of rotatable bonds is 9. The van der Waals surface area contributed by atoms with Crippen molar-refractivity contribution in [2.24, 2.45) is 0 Å². The van der Waals surface area contributed by atoms with Crippen LogP contribution in [0.25, 0.3) is 0 Å². The molecule has 2 aliphatic heterocycles. The van der Waals surface area contributed by atoms with E-state index >= 15 is 0 Å². The number of carbonyl (C=O) groups excluding carboxylic acids is 1. The molecule has 33 heavy (non-hydrogen) atoms. The fourth-order valence-corrected chi connectivity index (χ4v) is 4.14. The molecule has 2 atom stereocenters. The molecule has 4 heterocycles. The quantitative estimate of drug-likeness (QED) is 0.503. The van der Waals surface area contributed by atoms with Crippen LogP contribution in [0.3, 0.4) is 0 Å². The first-order valence-electron chi connectivity index (χ1n) is 10.2. The zero-order valence-corrected chi connectivity index (χ0v) is 18.7. The van der Waals surface area contributed by atoms with Crippen molar-refractivity contribution in [1.82, 2.24) is 15.0 Å². The van der Waals surface area contributed by atoms with Gasteiger partial charge in [-0.3, -0.25) is 9.00 Å². The van der Waals surface area contributed by atoms with E-state index in [0.29, 0.717) is 49.5 Å². The van der Waals surface area contributed by atoms with Crippen molar-refractivity contribution < 1.29 is 27.3 Å². The number of pyridine rings is 1. The Bertz CT molecular complexity index is 1030. The Balaban J connectivity index is 1.31. The molecule has 12 heteroatoms. The van der Waals surface area contributed by atoms with Crippen LogP contribution < -0.4 is 19.3 Å². The second-order valence-electron chi connectivity index (χ2n) is 7.74. The molecule has 2 aromatic rings. The summed E-state index contributed by atoms with van der Waals surface area (Å²) in [6.07, 6.45) is 6.44. The number of anilines is 2. The van der Waals surface area contributed by atoms with Gasteiger partial charge in [0, 0.05) is 49.2 Å². The Morgan fingerprint density at radius 3 is 2.58 bits per heavy atom. The van der Waals surface area contributed by atoms with Gasteiger partial charge in [0.05, 0.1) is 29.5 Å². The Morgan fingerprint density at radius 1 is 1.24 bits per heavy atom. The summed E-state index contributed by atoms with van der Waals surface area (Å²) in [6, 6.07) is 2.90. The fraction of sp³-hybridized carbons (Fsp3) is 0.429. The first-order chi connectivity index (χ1) is 15.8. The molecule has 0 spiro atoms. The molecule has 0 aliphatic carbocycles. The van der Waals surface area contributed by atoms with E-state index < -0.39 is 29.4 Å². The minimum atomic E-state index is -3.15. The number of hydrogen-bond acceptors (Lipinski definition) is 8. The van der Waals surface area contributed by atoms with E-state index in [9.17, 15) is 17.8 Å². The molecule has 2 aromatic heterocycles.